The first-order valence-electron chi connectivity index (χ1n) is 5.58. The summed E-state index contributed by atoms with van der Waals surface area (Å²) in [4.78, 5) is 4.56. The smallest absolute Gasteiger partial charge is 0.293 e. The number of rotatable bonds is 1. The van der Waals surface area contributed by atoms with Crippen LogP contribution in [-0.2, 0) is 6.54 Å². The number of benzene rings is 1. The molecule has 4 heteroatoms. The van der Waals surface area contributed by atoms with Crippen LogP contribution in [0, 0.1) is 0 Å². The van der Waals surface area contributed by atoms with E-state index in [0.29, 0.717) is 5.75 Å². The van der Waals surface area contributed by atoms with Gasteiger partial charge in [-0.05, 0) is 19.1 Å². The van der Waals surface area contributed by atoms with E-state index in [1.54, 1.807) is 6.07 Å². The molecule has 3 rings (SSSR count). The number of para-hydroxylation sites is 1. The maximum Gasteiger partial charge on any atom is 0.293 e. The standard InChI is InChI=1S/C11H13N3O/c1-7-11-13-10-8(3-2-4-9(10)15)14(11)6-5-12-7/h2-4,7,12,15H,5-6H2,1H3/i/hD. The van der Waals surface area contributed by atoms with Crippen LogP contribution in [0.25, 0.3) is 11.0 Å². The third-order valence-electron chi connectivity index (χ3n) is 2.94. The summed E-state index contributed by atoms with van der Waals surface area (Å²) < 4.78 is 9.21. The number of hydrogen-bond acceptors (Lipinski definition) is 3. The fourth-order valence-corrected chi connectivity index (χ4v) is 2.19. The Hall–Kier alpha value is -1.55. The van der Waals surface area contributed by atoms with Crippen LogP contribution in [0.5, 0.6) is 5.75 Å². The monoisotopic (exact) mass is 204 g/mol. The Morgan fingerprint density at radius 2 is 2.60 bits per heavy atom. The summed E-state index contributed by atoms with van der Waals surface area (Å²) >= 11 is 0. The van der Waals surface area contributed by atoms with Gasteiger partial charge in [0.1, 0.15) is 17.1 Å². The first-order valence-corrected chi connectivity index (χ1v) is 5.17. The van der Waals surface area contributed by atoms with Crippen LogP contribution in [-0.4, -0.2) is 22.6 Å². The molecule has 1 aromatic heterocycles. The first-order chi connectivity index (χ1) is 7.81. The van der Waals surface area contributed by atoms with E-state index in [4.69, 9.17) is 1.43 Å². The van der Waals surface area contributed by atoms with Crippen molar-refractivity contribution in [3.05, 3.63) is 24.0 Å². The lowest BCUT2D eigenvalue weighted by Crippen LogP contribution is -2.31. The highest BCUT2D eigenvalue weighted by molar-refractivity contribution is 5.82. The predicted octanol–water partition coefficient (Wildman–Crippen LogP) is 1.41. The molecular formula is C11H13N3O. The van der Waals surface area contributed by atoms with Gasteiger partial charge in [-0.25, -0.2) is 4.98 Å². The van der Waals surface area contributed by atoms with Gasteiger partial charge in [-0.15, -0.1) is 0 Å². The highest BCUT2D eigenvalue weighted by Crippen LogP contribution is 2.28. The largest absolute Gasteiger partial charge is 0.506 e. The van der Waals surface area contributed by atoms with Gasteiger partial charge in [-0.3, -0.25) is 0 Å². The Bertz CT molecular complexity index is 537. The van der Waals surface area contributed by atoms with Gasteiger partial charge in [0.15, 0.2) is 0 Å². The lowest BCUT2D eigenvalue weighted by atomic mass is 10.2. The molecule has 0 saturated carbocycles. The lowest BCUT2D eigenvalue weighted by Gasteiger charge is -2.21. The molecule has 4 nitrogen and oxygen atoms in total. The van der Waals surface area contributed by atoms with Crippen molar-refractivity contribution in [1.82, 2.24) is 14.9 Å². The molecule has 0 aliphatic carbocycles. The molecule has 0 radical (unpaired) electrons. The molecule has 1 aliphatic heterocycles. The predicted molar refractivity (Wildman–Crippen MR) is 57.8 cm³/mol. The second kappa shape index (κ2) is 2.97. The van der Waals surface area contributed by atoms with E-state index >= 15 is 0 Å². The SMILES string of the molecule is [2H]Oc1cccc2c1nc1n2CCNC1C. The van der Waals surface area contributed by atoms with Gasteiger partial charge in [-0.2, -0.15) is 0 Å². The highest BCUT2D eigenvalue weighted by Gasteiger charge is 2.20. The molecular weight excluding hydrogens is 190 g/mol. The molecule has 2 N–H and O–H groups in total. The third-order valence-corrected chi connectivity index (χ3v) is 2.94. The zero-order valence-electron chi connectivity index (χ0n) is 9.53. The quantitative estimate of drug-likeness (QED) is 0.738. The zero-order chi connectivity index (χ0) is 11.1. The second-order valence-corrected chi connectivity index (χ2v) is 3.92. The Morgan fingerprint density at radius 1 is 1.67 bits per heavy atom. The Kier molecular flexibility index (Phi) is 1.52. The van der Waals surface area contributed by atoms with Crippen molar-refractivity contribution in [2.24, 2.45) is 0 Å². The third kappa shape index (κ3) is 1.15. The number of nitrogens with zero attached hydrogens (tertiary/aromatic N) is 2. The van der Waals surface area contributed by atoms with E-state index in [1.807, 2.05) is 12.1 Å². The van der Waals surface area contributed by atoms with Crippen LogP contribution in [0.15, 0.2) is 18.2 Å². The average Bonchev–Trinajstić information content (AvgIpc) is 2.69. The van der Waals surface area contributed by atoms with Crippen LogP contribution in [0.2, 0.25) is 0 Å². The Labute approximate surface area is 89.0 Å². The van der Waals surface area contributed by atoms with E-state index in [2.05, 4.69) is 26.9 Å². The molecule has 78 valence electrons. The van der Waals surface area contributed by atoms with Crippen molar-refractivity contribution in [3.63, 3.8) is 0 Å². The van der Waals surface area contributed by atoms with Crippen molar-refractivity contribution >= 4 is 11.0 Å². The summed E-state index contributed by atoms with van der Waals surface area (Å²) in [7, 11) is 0. The van der Waals surface area contributed by atoms with Crippen LogP contribution in [0.3, 0.4) is 0 Å². The number of nitrogens with one attached hydrogen (secondary N) is 1. The molecule has 0 amide bonds. The topological polar surface area (TPSA) is 50.1 Å². The molecule has 0 fully saturated rings. The van der Waals surface area contributed by atoms with Gasteiger partial charge >= 0.3 is 0 Å². The molecule has 0 saturated heterocycles. The van der Waals surface area contributed by atoms with Crippen LogP contribution >= 0.6 is 0 Å². The van der Waals surface area contributed by atoms with Crippen molar-refractivity contribution in [3.8, 4) is 5.75 Å². The van der Waals surface area contributed by atoms with Crippen molar-refractivity contribution < 1.29 is 5.11 Å². The van der Waals surface area contributed by atoms with Gasteiger partial charge < -0.3 is 15.0 Å². The Morgan fingerprint density at radius 3 is 3.47 bits per heavy atom. The van der Waals surface area contributed by atoms with Crippen LogP contribution in [0.1, 0.15) is 18.8 Å². The normalized spacial score (nSPS) is 21.1. The lowest BCUT2D eigenvalue weighted by molar-refractivity contribution is 0.443. The van der Waals surface area contributed by atoms with Crippen molar-refractivity contribution in [2.45, 2.75) is 19.5 Å². The minimum atomic E-state index is 0.250. The molecule has 2 aromatic rings. The van der Waals surface area contributed by atoms with Crippen LogP contribution in [0.4, 0.5) is 0 Å². The maximum atomic E-state index is 7.02. The van der Waals surface area contributed by atoms with Crippen molar-refractivity contribution in [1.29, 1.82) is 1.43 Å². The summed E-state index contributed by atoms with van der Waals surface area (Å²) in [5.74, 6) is 1.54. The number of phenols is 1. The number of fused-ring (bicyclic) bond motifs is 3. The number of hydrogen-bond donors (Lipinski definition) is 2. The van der Waals surface area contributed by atoms with E-state index in [-0.39, 0.29) is 6.04 Å². The summed E-state index contributed by atoms with van der Waals surface area (Å²) in [6, 6.07) is 5.94. The van der Waals surface area contributed by atoms with Gasteiger partial charge in [0.25, 0.3) is 1.43 Å². The van der Waals surface area contributed by atoms with Gasteiger partial charge in [0.05, 0.1) is 11.6 Å². The van der Waals surface area contributed by atoms with Crippen molar-refractivity contribution in [2.75, 3.05) is 6.54 Å². The number of aromatic nitrogens is 2. The number of aromatic hydroxyl groups is 1. The molecule has 1 aliphatic rings. The van der Waals surface area contributed by atoms with Gasteiger partial charge in [0, 0.05) is 13.1 Å². The molecule has 2 heterocycles. The summed E-state index contributed by atoms with van der Waals surface area (Å²) in [6.45, 7) is 3.96. The van der Waals surface area contributed by atoms with Gasteiger partial charge in [0.2, 0.25) is 0 Å². The summed E-state index contributed by atoms with van der Waals surface area (Å²) in [5, 5.41) is 7.96. The van der Waals surface area contributed by atoms with E-state index in [0.717, 1.165) is 29.9 Å². The number of imidazole rings is 1. The van der Waals surface area contributed by atoms with Gasteiger partial charge in [-0.1, -0.05) is 6.07 Å². The maximum absolute atomic E-state index is 7.02. The molecule has 15 heavy (non-hydrogen) atoms. The van der Waals surface area contributed by atoms with E-state index in [1.165, 1.54) is 0 Å². The minimum absolute atomic E-state index is 0.250. The first kappa shape index (κ1) is 7.70. The van der Waals surface area contributed by atoms with E-state index in [9.17, 15) is 0 Å². The Balaban J connectivity index is 2.31. The van der Waals surface area contributed by atoms with Crippen LogP contribution < -0.4 is 5.32 Å². The molecule has 1 unspecified atom stereocenters. The number of phenolic OH excluding ortho intramolecular Hbond substituents is 1. The minimum Gasteiger partial charge on any atom is -0.506 e. The molecule has 0 spiro atoms. The zero-order valence-corrected chi connectivity index (χ0v) is 8.53. The second-order valence-electron chi connectivity index (χ2n) is 3.92. The molecule has 1 aromatic carbocycles. The fourth-order valence-electron chi connectivity index (χ4n) is 2.19. The average molecular weight is 204 g/mol. The summed E-state index contributed by atoms with van der Waals surface area (Å²) in [5.41, 5.74) is 1.83. The van der Waals surface area contributed by atoms with E-state index < -0.39 is 0 Å². The fraction of sp³-hybridized carbons (Fsp3) is 0.364. The molecule has 0 bridgehead atoms. The highest BCUT2D eigenvalue weighted by atomic mass is 16.3. The summed E-state index contributed by atoms with van der Waals surface area (Å²) in [6.07, 6.45) is 0. The molecule has 1 atom stereocenters.